The lowest BCUT2D eigenvalue weighted by Crippen LogP contribution is -2.39. The van der Waals surface area contributed by atoms with E-state index in [1.54, 1.807) is 13.2 Å². The van der Waals surface area contributed by atoms with Crippen molar-refractivity contribution in [3.05, 3.63) is 46.3 Å². The second-order valence-electron chi connectivity index (χ2n) is 6.73. The van der Waals surface area contributed by atoms with Crippen LogP contribution in [0.25, 0.3) is 0 Å². The van der Waals surface area contributed by atoms with Gasteiger partial charge in [-0.2, -0.15) is 0 Å². The normalized spacial score (nSPS) is 20.6. The molecular formula is C19H18FNO4. The Morgan fingerprint density at radius 2 is 2.12 bits per heavy atom. The van der Waals surface area contributed by atoms with Crippen LogP contribution in [-0.4, -0.2) is 30.5 Å². The average Bonchev–Trinajstić information content (AvgIpc) is 3.09. The molecule has 3 aliphatic heterocycles. The summed E-state index contributed by atoms with van der Waals surface area (Å²) in [5.41, 5.74) is 3.85. The molecule has 130 valence electrons. The van der Waals surface area contributed by atoms with Crippen molar-refractivity contribution in [2.45, 2.75) is 25.4 Å². The molecule has 2 aromatic rings. The van der Waals surface area contributed by atoms with E-state index in [1.807, 2.05) is 12.1 Å². The number of nitrogens with zero attached hydrogens (tertiary/aromatic N) is 1. The molecule has 6 heteroatoms. The van der Waals surface area contributed by atoms with Crippen LogP contribution < -0.4 is 14.2 Å². The number of halogens is 1. The highest BCUT2D eigenvalue weighted by molar-refractivity contribution is 5.53. The zero-order valence-corrected chi connectivity index (χ0v) is 13.8. The Morgan fingerprint density at radius 3 is 2.96 bits per heavy atom. The second kappa shape index (κ2) is 5.26. The van der Waals surface area contributed by atoms with Crippen molar-refractivity contribution in [1.29, 1.82) is 0 Å². The maximum Gasteiger partial charge on any atom is 0.231 e. The van der Waals surface area contributed by atoms with E-state index in [4.69, 9.17) is 14.2 Å². The molecule has 5 nitrogen and oxygen atoms in total. The Balaban J connectivity index is 1.59. The molecule has 0 spiro atoms. The van der Waals surface area contributed by atoms with E-state index in [2.05, 4.69) is 4.90 Å². The van der Waals surface area contributed by atoms with Gasteiger partial charge in [-0.05, 0) is 53.3 Å². The van der Waals surface area contributed by atoms with Gasteiger partial charge in [0, 0.05) is 19.1 Å². The molecular weight excluding hydrogens is 325 g/mol. The molecule has 0 saturated carbocycles. The number of aromatic hydroxyl groups is 1. The van der Waals surface area contributed by atoms with E-state index in [0.29, 0.717) is 30.0 Å². The molecule has 3 aliphatic rings. The summed E-state index contributed by atoms with van der Waals surface area (Å²) in [6.45, 7) is 1.62. The highest BCUT2D eigenvalue weighted by Crippen LogP contribution is 2.46. The average molecular weight is 343 g/mol. The first-order valence-electron chi connectivity index (χ1n) is 8.39. The maximum absolute atomic E-state index is 14.9. The first kappa shape index (κ1) is 14.8. The molecule has 0 amide bonds. The summed E-state index contributed by atoms with van der Waals surface area (Å²) in [6.07, 6.45) is 1.43. The van der Waals surface area contributed by atoms with E-state index >= 15 is 0 Å². The monoisotopic (exact) mass is 343 g/mol. The maximum atomic E-state index is 14.9. The molecule has 2 aromatic carbocycles. The van der Waals surface area contributed by atoms with Crippen LogP contribution in [0, 0.1) is 5.82 Å². The van der Waals surface area contributed by atoms with Crippen molar-refractivity contribution >= 4 is 0 Å². The third-order valence-corrected chi connectivity index (χ3v) is 5.48. The van der Waals surface area contributed by atoms with Gasteiger partial charge in [0.2, 0.25) is 12.5 Å². The first-order chi connectivity index (χ1) is 12.2. The van der Waals surface area contributed by atoms with Crippen LogP contribution in [0.3, 0.4) is 0 Å². The number of fused-ring (bicyclic) bond motifs is 5. The number of methoxy groups -OCH3 is 1. The van der Waals surface area contributed by atoms with Gasteiger partial charge in [-0.3, -0.25) is 4.90 Å². The lowest BCUT2D eigenvalue weighted by Gasteiger charge is -2.41. The molecule has 1 atom stereocenters. The predicted octanol–water partition coefficient (Wildman–Crippen LogP) is 2.92. The van der Waals surface area contributed by atoms with Crippen LogP contribution in [0.1, 0.15) is 28.3 Å². The Kier molecular flexibility index (Phi) is 3.12. The quantitative estimate of drug-likeness (QED) is 0.863. The number of benzene rings is 2. The number of ether oxygens (including phenoxy) is 3. The van der Waals surface area contributed by atoms with Crippen molar-refractivity contribution in [2.24, 2.45) is 0 Å². The van der Waals surface area contributed by atoms with Crippen molar-refractivity contribution in [3.8, 4) is 23.0 Å². The van der Waals surface area contributed by atoms with Gasteiger partial charge in [-0.15, -0.1) is 0 Å². The van der Waals surface area contributed by atoms with E-state index in [9.17, 15) is 9.50 Å². The van der Waals surface area contributed by atoms with Gasteiger partial charge in [0.15, 0.2) is 23.1 Å². The molecule has 3 heterocycles. The van der Waals surface area contributed by atoms with E-state index in [1.165, 1.54) is 0 Å². The van der Waals surface area contributed by atoms with Gasteiger partial charge in [-0.1, -0.05) is 0 Å². The topological polar surface area (TPSA) is 51.2 Å². The van der Waals surface area contributed by atoms with Gasteiger partial charge in [-0.25, -0.2) is 4.39 Å². The smallest absolute Gasteiger partial charge is 0.231 e. The van der Waals surface area contributed by atoms with Crippen LogP contribution in [0.2, 0.25) is 0 Å². The first-order valence-corrected chi connectivity index (χ1v) is 8.39. The summed E-state index contributed by atoms with van der Waals surface area (Å²) in [6, 6.07) is 5.61. The van der Waals surface area contributed by atoms with Crippen LogP contribution in [0.4, 0.5) is 4.39 Å². The molecule has 0 saturated heterocycles. The second-order valence-corrected chi connectivity index (χ2v) is 6.73. The minimum Gasteiger partial charge on any atom is -0.504 e. The van der Waals surface area contributed by atoms with Crippen LogP contribution in [-0.2, 0) is 19.4 Å². The molecule has 0 bridgehead atoms. The van der Waals surface area contributed by atoms with E-state index in [-0.39, 0.29) is 30.2 Å². The fourth-order valence-electron chi connectivity index (χ4n) is 4.23. The minimum absolute atomic E-state index is 0.0444. The Bertz CT molecular complexity index is 882. The summed E-state index contributed by atoms with van der Waals surface area (Å²) in [7, 11) is 1.55. The number of phenolic OH excluding ortho intramolecular Hbond substituents is 1. The lowest BCUT2D eigenvalue weighted by atomic mass is 9.83. The highest BCUT2D eigenvalue weighted by atomic mass is 19.1. The standard InChI is InChI=1S/C19H18FNO4/c1-23-16-4-10-2-3-21-8-11-5-17-19(25-9-24-17)18(20)13(11)6-14(21)12(10)7-15(16)22/h4-5,7,14,22H,2-3,6,8-9H2,1H3/t14-/m0/s1. The Labute approximate surface area is 144 Å². The molecule has 0 fully saturated rings. The Morgan fingerprint density at radius 1 is 1.24 bits per heavy atom. The zero-order chi connectivity index (χ0) is 17.1. The number of hydrogen-bond acceptors (Lipinski definition) is 5. The third kappa shape index (κ3) is 2.10. The van der Waals surface area contributed by atoms with Crippen molar-refractivity contribution < 1.29 is 23.7 Å². The molecule has 0 unspecified atom stereocenters. The van der Waals surface area contributed by atoms with Crippen molar-refractivity contribution in [1.82, 2.24) is 4.90 Å². The summed E-state index contributed by atoms with van der Waals surface area (Å²) in [5.74, 6) is 1.02. The van der Waals surface area contributed by atoms with Crippen molar-refractivity contribution in [2.75, 3.05) is 20.4 Å². The third-order valence-electron chi connectivity index (χ3n) is 5.48. The predicted molar refractivity (Wildman–Crippen MR) is 87.7 cm³/mol. The molecule has 5 rings (SSSR count). The molecule has 0 radical (unpaired) electrons. The highest BCUT2D eigenvalue weighted by Gasteiger charge is 2.36. The largest absolute Gasteiger partial charge is 0.504 e. The number of rotatable bonds is 1. The Hall–Kier alpha value is -2.47. The van der Waals surface area contributed by atoms with Crippen molar-refractivity contribution in [3.63, 3.8) is 0 Å². The molecule has 25 heavy (non-hydrogen) atoms. The molecule has 0 aliphatic carbocycles. The van der Waals surface area contributed by atoms with E-state index in [0.717, 1.165) is 29.7 Å². The van der Waals surface area contributed by atoms with Crippen LogP contribution >= 0.6 is 0 Å². The van der Waals surface area contributed by atoms with Gasteiger partial charge < -0.3 is 19.3 Å². The van der Waals surface area contributed by atoms with E-state index < -0.39 is 0 Å². The SMILES string of the molecule is COc1cc2c(cc1O)[C@@H]1Cc3c(cc4c(c3F)OCO4)CN1CC2. The summed E-state index contributed by atoms with van der Waals surface area (Å²) in [4.78, 5) is 2.33. The summed E-state index contributed by atoms with van der Waals surface area (Å²) >= 11 is 0. The zero-order valence-electron chi connectivity index (χ0n) is 13.8. The summed E-state index contributed by atoms with van der Waals surface area (Å²) < 4.78 is 30.7. The number of hydrogen-bond donors (Lipinski definition) is 1. The summed E-state index contributed by atoms with van der Waals surface area (Å²) in [5, 5.41) is 10.2. The fourth-order valence-corrected chi connectivity index (χ4v) is 4.23. The minimum atomic E-state index is -0.311. The fraction of sp³-hybridized carbons (Fsp3) is 0.368. The number of phenols is 1. The van der Waals surface area contributed by atoms with Gasteiger partial charge in [0.1, 0.15) is 0 Å². The van der Waals surface area contributed by atoms with Crippen LogP contribution in [0.15, 0.2) is 18.2 Å². The van der Waals surface area contributed by atoms with Gasteiger partial charge in [0.25, 0.3) is 0 Å². The van der Waals surface area contributed by atoms with Gasteiger partial charge >= 0.3 is 0 Å². The van der Waals surface area contributed by atoms with Crippen LogP contribution in [0.5, 0.6) is 23.0 Å². The lowest BCUT2D eigenvalue weighted by molar-refractivity contribution is 0.158. The molecule has 1 N–H and O–H groups in total. The molecule has 0 aromatic heterocycles. The van der Waals surface area contributed by atoms with Gasteiger partial charge in [0.05, 0.1) is 7.11 Å².